The summed E-state index contributed by atoms with van der Waals surface area (Å²) in [5.74, 6) is 0. The topological polar surface area (TPSA) is 0 Å². The predicted octanol–water partition coefficient (Wildman–Crippen LogP) is 7.63. The van der Waals surface area contributed by atoms with Gasteiger partial charge in [-0.3, -0.25) is 0 Å². The lowest BCUT2D eigenvalue weighted by Gasteiger charge is -1.95. The third-order valence-electron chi connectivity index (χ3n) is 2.83. The van der Waals surface area contributed by atoms with Crippen molar-refractivity contribution in [1.29, 1.82) is 0 Å². The van der Waals surface area contributed by atoms with Crippen LogP contribution >= 0.6 is 0 Å². The molecule has 2 aromatic rings. The van der Waals surface area contributed by atoms with E-state index in [0.717, 1.165) is 0 Å². The first-order valence-electron chi connectivity index (χ1n) is 7.85. The fourth-order valence-corrected chi connectivity index (χ4v) is 1.48. The van der Waals surface area contributed by atoms with E-state index >= 15 is 0 Å². The van der Waals surface area contributed by atoms with Crippen molar-refractivity contribution in [2.75, 3.05) is 0 Å². The van der Waals surface area contributed by atoms with E-state index in [-0.39, 0.29) is 7.43 Å². The van der Waals surface area contributed by atoms with Gasteiger partial charge in [0.05, 0.1) is 0 Å². The summed E-state index contributed by atoms with van der Waals surface area (Å²) in [6, 6.07) is 16.5. The van der Waals surface area contributed by atoms with Crippen LogP contribution in [-0.2, 0) is 0 Å². The maximum Gasteiger partial charge on any atom is -0.0233 e. The van der Waals surface area contributed by atoms with Crippen LogP contribution in [0.1, 0.15) is 57.4 Å². The van der Waals surface area contributed by atoms with Gasteiger partial charge in [-0.2, -0.15) is 0 Å². The van der Waals surface area contributed by atoms with Gasteiger partial charge in [-0.25, -0.2) is 0 Å². The van der Waals surface area contributed by atoms with Crippen molar-refractivity contribution >= 4 is 6.08 Å². The first kappa shape index (κ1) is 25.2. The maximum atomic E-state index is 3.69. The molecule has 0 saturated carbocycles. The largest absolute Gasteiger partial charge is 0.0985 e. The molecule has 0 heteroatoms. The lowest BCUT2D eigenvalue weighted by molar-refractivity contribution is 1.34. The van der Waals surface area contributed by atoms with Crippen molar-refractivity contribution in [1.82, 2.24) is 0 Å². The van der Waals surface area contributed by atoms with E-state index in [1.807, 2.05) is 45.9 Å². The van der Waals surface area contributed by atoms with Crippen molar-refractivity contribution < 1.29 is 0 Å². The predicted molar refractivity (Wildman–Crippen MR) is 107 cm³/mol. The molecule has 0 spiro atoms. The second kappa shape index (κ2) is 17.2. The Balaban J connectivity index is -0.000000259. The molecule has 0 saturated heterocycles. The lowest BCUT2D eigenvalue weighted by atomic mass is 10.1. The number of rotatable bonds is 1. The van der Waals surface area contributed by atoms with Crippen molar-refractivity contribution in [2.24, 2.45) is 0 Å². The van der Waals surface area contributed by atoms with E-state index in [4.69, 9.17) is 0 Å². The molecule has 0 fully saturated rings. The average Bonchev–Trinajstić information content (AvgIpc) is 2.55. The summed E-state index contributed by atoms with van der Waals surface area (Å²) in [6.45, 7) is 18.0. The average molecular weight is 301 g/mol. The monoisotopic (exact) mass is 300 g/mol. The van der Waals surface area contributed by atoms with Gasteiger partial charge in [0.25, 0.3) is 0 Å². The fourth-order valence-electron chi connectivity index (χ4n) is 1.48. The molecule has 0 N–H and O–H groups in total. The Bertz CT molecular complexity index is 460. The summed E-state index contributed by atoms with van der Waals surface area (Å²) in [5, 5.41) is 0. The fraction of sp³-hybridized carbons (Fsp3) is 0.364. The van der Waals surface area contributed by atoms with E-state index in [1.165, 1.54) is 22.3 Å². The van der Waals surface area contributed by atoms with Crippen molar-refractivity contribution in [3.63, 3.8) is 0 Å². The van der Waals surface area contributed by atoms with E-state index in [2.05, 4.69) is 63.7 Å². The molecule has 0 radical (unpaired) electrons. The molecule has 0 bridgehead atoms. The highest BCUT2D eigenvalue weighted by Crippen LogP contribution is 2.06. The Kier molecular flexibility index (Phi) is 19.7. The van der Waals surface area contributed by atoms with Gasteiger partial charge in [0.2, 0.25) is 0 Å². The maximum absolute atomic E-state index is 3.69. The van der Waals surface area contributed by atoms with Crippen molar-refractivity contribution in [2.45, 2.75) is 55.9 Å². The van der Waals surface area contributed by atoms with Crippen molar-refractivity contribution in [3.05, 3.63) is 77.4 Å². The first-order chi connectivity index (χ1) is 10.1. The molecule has 2 rings (SSSR count). The van der Waals surface area contributed by atoms with Crippen LogP contribution in [0.4, 0.5) is 0 Å². The summed E-state index contributed by atoms with van der Waals surface area (Å²) in [6.07, 6.45) is 1.87. The molecule has 124 valence electrons. The second-order valence-electron chi connectivity index (χ2n) is 4.14. The highest BCUT2D eigenvalue weighted by molar-refractivity contribution is 5.50. The molecule has 0 amide bonds. The van der Waals surface area contributed by atoms with E-state index < -0.39 is 0 Å². The van der Waals surface area contributed by atoms with Gasteiger partial charge in [-0.05, 0) is 43.0 Å². The zero-order valence-corrected chi connectivity index (χ0v) is 14.9. The normalized spacial score (nSPS) is 7.59. The first-order valence-corrected chi connectivity index (χ1v) is 7.85. The number of hydrogen-bond donors (Lipinski definition) is 0. The Morgan fingerprint density at radius 3 is 1.18 bits per heavy atom. The van der Waals surface area contributed by atoms with Gasteiger partial charge in [-0.15, -0.1) is 0 Å². The van der Waals surface area contributed by atoms with Crippen LogP contribution in [0, 0.1) is 20.8 Å². The van der Waals surface area contributed by atoms with Crippen LogP contribution in [0.15, 0.2) is 55.1 Å². The quantitative estimate of drug-likeness (QED) is 0.508. The van der Waals surface area contributed by atoms with E-state index in [0.29, 0.717) is 0 Å². The van der Waals surface area contributed by atoms with Crippen molar-refractivity contribution in [3.8, 4) is 0 Å². The lowest BCUT2D eigenvalue weighted by Crippen LogP contribution is -1.75. The third kappa shape index (κ3) is 10.9. The minimum absolute atomic E-state index is 0. The standard InChI is InChI=1S/C9H10.C8H10.2C2H6.CH4/c1-3-9-7-5-4-6-8(9)2;1-7-5-3-4-6-8(7)2;2*1-2;/h3-7H,1H2,2H3;3-6H,1-2H3;2*1-2H3;1H4. The summed E-state index contributed by atoms with van der Waals surface area (Å²) in [4.78, 5) is 0. The molecule has 2 aromatic carbocycles. The van der Waals surface area contributed by atoms with Gasteiger partial charge in [0.15, 0.2) is 0 Å². The van der Waals surface area contributed by atoms with Crippen LogP contribution < -0.4 is 0 Å². The van der Waals surface area contributed by atoms with Gasteiger partial charge in [0.1, 0.15) is 0 Å². The Labute approximate surface area is 139 Å². The minimum Gasteiger partial charge on any atom is -0.0985 e. The van der Waals surface area contributed by atoms with Gasteiger partial charge in [-0.1, -0.05) is 96.3 Å². The molecule has 0 aliphatic heterocycles. The molecule has 0 aliphatic carbocycles. The Morgan fingerprint density at radius 2 is 0.955 bits per heavy atom. The zero-order valence-electron chi connectivity index (χ0n) is 14.9. The van der Waals surface area contributed by atoms with Crippen LogP contribution in [-0.4, -0.2) is 0 Å². The SMILES string of the molecule is C.C=Cc1ccccc1C.CC.CC.Cc1ccccc1C. The summed E-state index contributed by atoms with van der Waals surface area (Å²) in [7, 11) is 0. The molecule has 0 atom stereocenters. The van der Waals surface area contributed by atoms with Gasteiger partial charge in [0, 0.05) is 0 Å². The number of benzene rings is 2. The highest BCUT2D eigenvalue weighted by atomic mass is 13.9. The molecule has 0 aromatic heterocycles. The molecule has 22 heavy (non-hydrogen) atoms. The van der Waals surface area contributed by atoms with E-state index in [1.54, 1.807) is 0 Å². The minimum atomic E-state index is 0. The summed E-state index contributed by atoms with van der Waals surface area (Å²) in [5.41, 5.74) is 5.24. The molecule has 0 heterocycles. The molecular weight excluding hydrogens is 264 g/mol. The van der Waals surface area contributed by atoms with Crippen LogP contribution in [0.5, 0.6) is 0 Å². The summed E-state index contributed by atoms with van der Waals surface area (Å²) >= 11 is 0. The molecule has 0 aliphatic rings. The summed E-state index contributed by atoms with van der Waals surface area (Å²) < 4.78 is 0. The highest BCUT2D eigenvalue weighted by Gasteiger charge is 1.86. The van der Waals surface area contributed by atoms with Crippen LogP contribution in [0.3, 0.4) is 0 Å². The number of hydrogen-bond acceptors (Lipinski definition) is 0. The van der Waals surface area contributed by atoms with E-state index in [9.17, 15) is 0 Å². The van der Waals surface area contributed by atoms with Gasteiger partial charge >= 0.3 is 0 Å². The Hall–Kier alpha value is -1.82. The Morgan fingerprint density at radius 1 is 0.636 bits per heavy atom. The third-order valence-corrected chi connectivity index (χ3v) is 2.83. The zero-order chi connectivity index (χ0) is 16.7. The van der Waals surface area contributed by atoms with Gasteiger partial charge < -0.3 is 0 Å². The molecule has 0 nitrogen and oxygen atoms in total. The molecular formula is C22H36. The molecule has 0 unspecified atom stereocenters. The van der Waals surface area contributed by atoms with Crippen LogP contribution in [0.2, 0.25) is 0 Å². The second-order valence-corrected chi connectivity index (χ2v) is 4.14. The van der Waals surface area contributed by atoms with Crippen LogP contribution in [0.25, 0.3) is 6.08 Å². The number of aryl methyl sites for hydroxylation is 3. The smallest absolute Gasteiger partial charge is 0.0233 e.